The summed E-state index contributed by atoms with van der Waals surface area (Å²) < 4.78 is 10.3. The van der Waals surface area contributed by atoms with Gasteiger partial charge in [-0.2, -0.15) is 0 Å². The third kappa shape index (κ3) is 5.32. The van der Waals surface area contributed by atoms with Gasteiger partial charge in [-0.15, -0.1) is 0 Å². The summed E-state index contributed by atoms with van der Waals surface area (Å²) in [5, 5.41) is 3.80. The number of esters is 1. The molecule has 0 aromatic carbocycles. The minimum atomic E-state index is -1.10. The first-order valence-electron chi connectivity index (χ1n) is 8.04. The molecule has 8 nitrogen and oxygen atoms in total. The number of ether oxygens (including phenoxy) is 2. The number of carbonyl (C=O) groups excluding carboxylic acids is 3. The summed E-state index contributed by atoms with van der Waals surface area (Å²) in [6, 6.07) is 0. The monoisotopic (exact) mass is 362 g/mol. The van der Waals surface area contributed by atoms with Gasteiger partial charge in [0.25, 0.3) is 5.91 Å². The van der Waals surface area contributed by atoms with Crippen molar-refractivity contribution in [2.45, 2.75) is 33.0 Å². The van der Waals surface area contributed by atoms with Crippen LogP contribution in [0.15, 0.2) is 47.4 Å². The average molecular weight is 362 g/mol. The van der Waals surface area contributed by atoms with Gasteiger partial charge in [0.05, 0.1) is 19.7 Å². The van der Waals surface area contributed by atoms with E-state index in [0.717, 1.165) is 16.7 Å². The van der Waals surface area contributed by atoms with E-state index in [-0.39, 0.29) is 18.2 Å². The molecule has 0 saturated carbocycles. The van der Waals surface area contributed by atoms with Crippen molar-refractivity contribution in [2.24, 2.45) is 0 Å². The van der Waals surface area contributed by atoms with Gasteiger partial charge in [0, 0.05) is 26.5 Å². The van der Waals surface area contributed by atoms with Crippen LogP contribution >= 0.6 is 0 Å². The van der Waals surface area contributed by atoms with Gasteiger partial charge in [-0.3, -0.25) is 14.4 Å². The van der Waals surface area contributed by atoms with E-state index in [1.54, 1.807) is 26.0 Å². The molecular formula is C18H22N2O6. The minimum absolute atomic E-state index is 0.156. The number of hydrogen-bond acceptors (Lipinski definition) is 6. The largest absolute Gasteiger partial charge is 0.445 e. The van der Waals surface area contributed by atoms with E-state index in [1.807, 2.05) is 12.2 Å². The van der Waals surface area contributed by atoms with Crippen LogP contribution in [0.3, 0.4) is 0 Å². The third-order valence-corrected chi connectivity index (χ3v) is 3.46. The molecule has 1 aliphatic carbocycles. The number of hydroxylamine groups is 2. The second-order valence-electron chi connectivity index (χ2n) is 6.15. The topological polar surface area (TPSA) is 94.2 Å². The van der Waals surface area contributed by atoms with Crippen LogP contribution in [-0.4, -0.2) is 42.3 Å². The molecule has 2 amide bonds. The number of nitrogens with zero attached hydrogens (tertiary/aromatic N) is 1. The van der Waals surface area contributed by atoms with Crippen LogP contribution < -0.4 is 5.32 Å². The van der Waals surface area contributed by atoms with E-state index in [9.17, 15) is 14.4 Å². The Bertz CT molecular complexity index is 730. The van der Waals surface area contributed by atoms with Crippen molar-refractivity contribution >= 4 is 17.8 Å². The first-order chi connectivity index (χ1) is 12.2. The Morgan fingerprint density at radius 2 is 2.04 bits per heavy atom. The number of nitrogens with one attached hydrogen (secondary N) is 1. The fraction of sp³-hybridized carbons (Fsp3) is 0.389. The molecule has 1 saturated heterocycles. The summed E-state index contributed by atoms with van der Waals surface area (Å²) >= 11 is 0. The van der Waals surface area contributed by atoms with Gasteiger partial charge >= 0.3 is 5.97 Å². The number of rotatable bonds is 5. The van der Waals surface area contributed by atoms with Crippen molar-refractivity contribution in [3.63, 3.8) is 0 Å². The molecule has 0 atom stereocenters. The van der Waals surface area contributed by atoms with Gasteiger partial charge in [-0.05, 0) is 18.1 Å². The summed E-state index contributed by atoms with van der Waals surface area (Å²) in [5.74, 6) is -2.67. The summed E-state index contributed by atoms with van der Waals surface area (Å²) in [4.78, 5) is 40.3. The van der Waals surface area contributed by atoms with Crippen LogP contribution in [0.25, 0.3) is 0 Å². The molecule has 0 bridgehead atoms. The van der Waals surface area contributed by atoms with Gasteiger partial charge in [-0.1, -0.05) is 18.2 Å². The van der Waals surface area contributed by atoms with Crippen molar-refractivity contribution in [2.75, 3.05) is 13.7 Å². The van der Waals surface area contributed by atoms with Crippen LogP contribution in [-0.2, 0) is 28.7 Å². The normalized spacial score (nSPS) is 19.8. The smallest absolute Gasteiger partial charge is 0.377 e. The van der Waals surface area contributed by atoms with E-state index >= 15 is 0 Å². The van der Waals surface area contributed by atoms with E-state index in [1.165, 1.54) is 14.0 Å². The molecule has 26 heavy (non-hydrogen) atoms. The van der Waals surface area contributed by atoms with Gasteiger partial charge in [0.2, 0.25) is 17.5 Å². The lowest BCUT2D eigenvalue weighted by Gasteiger charge is -2.19. The second kappa shape index (κ2) is 8.01. The SMILES string of the molecule is CON(CC1=CCC=C(NC(C)=O)C=C1)C(=O)/C=C1\OC(C)(C)OC1=O. The molecule has 1 fully saturated rings. The predicted molar refractivity (Wildman–Crippen MR) is 91.8 cm³/mol. The van der Waals surface area contributed by atoms with Crippen LogP contribution in [0.2, 0.25) is 0 Å². The predicted octanol–water partition coefficient (Wildman–Crippen LogP) is 1.48. The zero-order valence-electron chi connectivity index (χ0n) is 15.2. The molecule has 0 radical (unpaired) electrons. The fourth-order valence-corrected chi connectivity index (χ4v) is 2.36. The Hall–Kier alpha value is -2.87. The molecule has 1 aliphatic heterocycles. The maximum absolute atomic E-state index is 12.4. The van der Waals surface area contributed by atoms with Crippen LogP contribution in [0.1, 0.15) is 27.2 Å². The van der Waals surface area contributed by atoms with Crippen molar-refractivity contribution in [1.29, 1.82) is 0 Å². The lowest BCUT2D eigenvalue weighted by atomic mass is 10.2. The number of allylic oxidation sites excluding steroid dienone is 3. The van der Waals surface area contributed by atoms with Gasteiger partial charge < -0.3 is 14.8 Å². The van der Waals surface area contributed by atoms with Crippen molar-refractivity contribution in [3.8, 4) is 0 Å². The Labute approximate surface area is 151 Å². The van der Waals surface area contributed by atoms with Gasteiger partial charge in [0.15, 0.2) is 0 Å². The zero-order chi connectivity index (χ0) is 19.3. The van der Waals surface area contributed by atoms with Crippen molar-refractivity contribution in [1.82, 2.24) is 10.4 Å². The average Bonchev–Trinajstić information content (AvgIpc) is 2.70. The molecule has 140 valence electrons. The molecule has 0 aromatic rings. The summed E-state index contributed by atoms with van der Waals surface area (Å²) in [5.41, 5.74) is 1.50. The Morgan fingerprint density at radius 1 is 1.31 bits per heavy atom. The first kappa shape index (κ1) is 19.5. The first-order valence-corrected chi connectivity index (χ1v) is 8.04. The summed E-state index contributed by atoms with van der Waals surface area (Å²) in [6.07, 6.45) is 8.93. The van der Waals surface area contributed by atoms with E-state index < -0.39 is 17.7 Å². The lowest BCUT2D eigenvalue weighted by molar-refractivity contribution is -0.167. The summed E-state index contributed by atoms with van der Waals surface area (Å²) in [7, 11) is 1.36. The lowest BCUT2D eigenvalue weighted by Crippen LogP contribution is -2.30. The number of carbonyl (C=O) groups is 3. The molecule has 0 unspecified atom stereocenters. The van der Waals surface area contributed by atoms with Crippen LogP contribution in [0.5, 0.6) is 0 Å². The van der Waals surface area contributed by atoms with Crippen molar-refractivity contribution < 1.29 is 28.7 Å². The highest BCUT2D eigenvalue weighted by molar-refractivity contribution is 5.97. The molecule has 1 N–H and O–H groups in total. The standard InChI is InChI=1S/C18H22N2O6/c1-12(21)19-14-7-5-6-13(8-9-14)11-20(24-4)16(22)10-15-17(23)26-18(2,3)25-15/h6-10H,5,11H2,1-4H3,(H,19,21)/b15-10-. The highest BCUT2D eigenvalue weighted by atomic mass is 16.8. The maximum atomic E-state index is 12.4. The molecule has 0 spiro atoms. The molecule has 0 aromatic heterocycles. The van der Waals surface area contributed by atoms with E-state index in [0.29, 0.717) is 12.1 Å². The molecule has 2 aliphatic rings. The number of hydrogen-bond donors (Lipinski definition) is 1. The number of cyclic esters (lactones) is 1. The molecular weight excluding hydrogens is 340 g/mol. The highest BCUT2D eigenvalue weighted by Crippen LogP contribution is 2.26. The maximum Gasteiger partial charge on any atom is 0.377 e. The Kier molecular flexibility index (Phi) is 5.99. The van der Waals surface area contributed by atoms with E-state index in [2.05, 4.69) is 5.32 Å². The molecule has 1 heterocycles. The molecule has 8 heteroatoms. The van der Waals surface area contributed by atoms with Crippen LogP contribution in [0.4, 0.5) is 0 Å². The highest BCUT2D eigenvalue weighted by Gasteiger charge is 2.38. The van der Waals surface area contributed by atoms with Gasteiger partial charge in [0.1, 0.15) is 0 Å². The second-order valence-corrected chi connectivity index (χ2v) is 6.15. The third-order valence-electron chi connectivity index (χ3n) is 3.46. The Morgan fingerprint density at radius 3 is 2.62 bits per heavy atom. The zero-order valence-corrected chi connectivity index (χ0v) is 15.2. The Balaban J connectivity index is 2.03. The van der Waals surface area contributed by atoms with Crippen molar-refractivity contribution in [3.05, 3.63) is 47.4 Å². The van der Waals surface area contributed by atoms with Crippen LogP contribution in [0, 0.1) is 0 Å². The molecule has 2 rings (SSSR count). The quantitative estimate of drug-likeness (QED) is 0.452. The fourth-order valence-electron chi connectivity index (χ4n) is 2.36. The minimum Gasteiger partial charge on any atom is -0.445 e. The van der Waals surface area contributed by atoms with E-state index in [4.69, 9.17) is 14.3 Å². The number of amides is 2. The van der Waals surface area contributed by atoms with Gasteiger partial charge in [-0.25, -0.2) is 9.86 Å². The summed E-state index contributed by atoms with van der Waals surface area (Å²) in [6.45, 7) is 4.75.